The first kappa shape index (κ1) is 16.5. The third-order valence-corrected chi connectivity index (χ3v) is 5.35. The number of nitro groups is 1. The molecule has 0 spiro atoms. The fourth-order valence-electron chi connectivity index (χ4n) is 2.69. The highest BCUT2D eigenvalue weighted by Gasteiger charge is 2.22. The second-order valence-corrected chi connectivity index (χ2v) is 6.98. The maximum Gasteiger partial charge on any atom is 0.270 e. The lowest BCUT2D eigenvalue weighted by Crippen LogP contribution is -2.23. The van der Waals surface area contributed by atoms with Crippen LogP contribution in [0.5, 0.6) is 0 Å². The van der Waals surface area contributed by atoms with Gasteiger partial charge in [-0.1, -0.05) is 18.0 Å². The number of carbonyl (C=O) groups is 1. The van der Waals surface area contributed by atoms with Crippen LogP contribution < -0.4 is 5.32 Å². The summed E-state index contributed by atoms with van der Waals surface area (Å²) in [6, 6.07) is 6.12. The van der Waals surface area contributed by atoms with Gasteiger partial charge < -0.3 is 9.84 Å². The quantitative estimate of drug-likeness (QED) is 0.634. The van der Waals surface area contributed by atoms with Crippen molar-refractivity contribution in [1.29, 1.82) is 0 Å². The molecule has 8 heteroatoms. The van der Waals surface area contributed by atoms with Crippen molar-refractivity contribution < 1.29 is 14.2 Å². The highest BCUT2D eigenvalue weighted by molar-refractivity contribution is 8.00. The van der Waals surface area contributed by atoms with Gasteiger partial charge in [-0.2, -0.15) is 0 Å². The number of nitrogens with one attached hydrogen (secondary N) is 1. The molecule has 126 valence electrons. The zero-order valence-electron chi connectivity index (χ0n) is 12.9. The monoisotopic (exact) mass is 347 g/mol. The Labute approximate surface area is 142 Å². The van der Waals surface area contributed by atoms with Gasteiger partial charge >= 0.3 is 0 Å². The van der Waals surface area contributed by atoms with Gasteiger partial charge in [0.25, 0.3) is 11.6 Å². The fourth-order valence-corrected chi connectivity index (χ4v) is 4.05. The van der Waals surface area contributed by atoms with Crippen molar-refractivity contribution in [3.8, 4) is 0 Å². The minimum Gasteiger partial charge on any atom is -0.364 e. The molecule has 1 aliphatic rings. The van der Waals surface area contributed by atoms with E-state index in [0.29, 0.717) is 16.5 Å². The van der Waals surface area contributed by atoms with E-state index in [2.05, 4.69) is 10.5 Å². The average molecular weight is 347 g/mol. The van der Waals surface area contributed by atoms with E-state index in [4.69, 9.17) is 4.52 Å². The molecule has 3 rings (SSSR count). The molecule has 1 aromatic heterocycles. The Hall–Kier alpha value is -2.35. The van der Waals surface area contributed by atoms with Gasteiger partial charge in [0.1, 0.15) is 12.0 Å². The van der Waals surface area contributed by atoms with Crippen LogP contribution >= 0.6 is 11.8 Å². The number of rotatable bonds is 6. The van der Waals surface area contributed by atoms with E-state index < -0.39 is 4.92 Å². The van der Waals surface area contributed by atoms with Crippen molar-refractivity contribution in [1.82, 2.24) is 10.5 Å². The highest BCUT2D eigenvalue weighted by atomic mass is 32.2. The minimum atomic E-state index is -0.488. The van der Waals surface area contributed by atoms with Crippen molar-refractivity contribution in [3.05, 3.63) is 51.9 Å². The smallest absolute Gasteiger partial charge is 0.270 e. The normalized spacial score (nSPS) is 14.7. The number of hydrogen-bond acceptors (Lipinski definition) is 6. The molecule has 0 atom stereocenters. The van der Waals surface area contributed by atoms with Crippen LogP contribution in [0.25, 0.3) is 0 Å². The summed E-state index contributed by atoms with van der Waals surface area (Å²) in [4.78, 5) is 23.8. The average Bonchev–Trinajstić information content (AvgIpc) is 3.26. The molecule has 1 fully saturated rings. The van der Waals surface area contributed by atoms with E-state index in [1.165, 1.54) is 31.2 Å². The van der Waals surface area contributed by atoms with Crippen LogP contribution in [-0.4, -0.2) is 21.2 Å². The van der Waals surface area contributed by atoms with Crippen LogP contribution in [0.15, 0.2) is 39.9 Å². The van der Waals surface area contributed by atoms with Gasteiger partial charge in [-0.05, 0) is 18.9 Å². The Bertz CT molecular complexity index is 727. The van der Waals surface area contributed by atoms with Crippen molar-refractivity contribution in [2.24, 2.45) is 0 Å². The summed E-state index contributed by atoms with van der Waals surface area (Å²) in [5, 5.41) is 18.0. The van der Waals surface area contributed by atoms with E-state index in [1.807, 2.05) is 0 Å². The molecule has 1 N–H and O–H groups in total. The number of benzene rings is 1. The Balaban J connectivity index is 1.79. The molecule has 1 saturated carbocycles. The summed E-state index contributed by atoms with van der Waals surface area (Å²) < 4.78 is 4.72. The Morgan fingerprint density at radius 2 is 2.17 bits per heavy atom. The molecule has 7 nitrogen and oxygen atoms in total. The molecule has 2 aromatic rings. The summed E-state index contributed by atoms with van der Waals surface area (Å²) in [7, 11) is 0. The van der Waals surface area contributed by atoms with E-state index >= 15 is 0 Å². The maximum absolute atomic E-state index is 12.5. The third-order valence-electron chi connectivity index (χ3n) is 3.94. The summed E-state index contributed by atoms with van der Waals surface area (Å²) in [6.07, 6.45) is 6.04. The van der Waals surface area contributed by atoms with Crippen LogP contribution in [0.4, 0.5) is 5.69 Å². The summed E-state index contributed by atoms with van der Waals surface area (Å²) >= 11 is 1.63. The van der Waals surface area contributed by atoms with Gasteiger partial charge in [-0.3, -0.25) is 14.9 Å². The summed E-state index contributed by atoms with van der Waals surface area (Å²) in [5.41, 5.74) is 0.848. The van der Waals surface area contributed by atoms with Gasteiger partial charge in [-0.15, -0.1) is 11.8 Å². The number of carbonyl (C=O) groups excluding carboxylic acids is 1. The minimum absolute atomic E-state index is 0.0858. The molecule has 1 aliphatic carbocycles. The number of non-ortho nitro benzene ring substituents is 1. The molecule has 0 unspecified atom stereocenters. The first-order chi connectivity index (χ1) is 11.6. The fraction of sp³-hybridized carbons (Fsp3) is 0.375. The van der Waals surface area contributed by atoms with Crippen LogP contribution in [0.2, 0.25) is 0 Å². The first-order valence-corrected chi connectivity index (χ1v) is 8.64. The standard InChI is InChI=1S/C16H17N3O4S/c20-16(17-10-11-7-8-23-18-11)14-9-12(19(21)22)5-6-15(14)24-13-3-1-2-4-13/h5-9,13H,1-4,10H2,(H,17,20). The van der Waals surface area contributed by atoms with Gasteiger partial charge in [-0.25, -0.2) is 0 Å². The number of amides is 1. The zero-order chi connectivity index (χ0) is 16.9. The van der Waals surface area contributed by atoms with Crippen molar-refractivity contribution in [2.75, 3.05) is 0 Å². The van der Waals surface area contributed by atoms with Crippen LogP contribution in [0, 0.1) is 10.1 Å². The second kappa shape index (κ2) is 7.48. The largest absolute Gasteiger partial charge is 0.364 e. The van der Waals surface area contributed by atoms with Crippen LogP contribution in [0.3, 0.4) is 0 Å². The highest BCUT2D eigenvalue weighted by Crippen LogP contribution is 2.37. The molecule has 1 amide bonds. The van der Waals surface area contributed by atoms with Gasteiger partial charge in [0.05, 0.1) is 17.0 Å². The molecular weight excluding hydrogens is 330 g/mol. The van der Waals surface area contributed by atoms with E-state index in [-0.39, 0.29) is 18.1 Å². The molecule has 0 bridgehead atoms. The van der Waals surface area contributed by atoms with Crippen molar-refractivity contribution in [2.45, 2.75) is 42.4 Å². The number of nitrogens with zero attached hydrogens (tertiary/aromatic N) is 2. The molecule has 24 heavy (non-hydrogen) atoms. The Morgan fingerprint density at radius 3 is 2.83 bits per heavy atom. The SMILES string of the molecule is O=C(NCc1ccon1)c1cc([N+](=O)[O-])ccc1SC1CCCC1. The number of nitro benzene ring substituents is 1. The van der Waals surface area contributed by atoms with Gasteiger partial charge in [0.2, 0.25) is 0 Å². The third kappa shape index (κ3) is 3.94. The summed E-state index contributed by atoms with van der Waals surface area (Å²) in [6.45, 7) is 0.214. The van der Waals surface area contributed by atoms with E-state index in [1.54, 1.807) is 23.9 Å². The lowest BCUT2D eigenvalue weighted by atomic mass is 10.2. The number of hydrogen-bond donors (Lipinski definition) is 1. The topological polar surface area (TPSA) is 98.3 Å². The number of aromatic nitrogens is 1. The van der Waals surface area contributed by atoms with Crippen LogP contribution in [-0.2, 0) is 6.54 Å². The Morgan fingerprint density at radius 1 is 1.38 bits per heavy atom. The number of thioether (sulfide) groups is 1. The zero-order valence-corrected chi connectivity index (χ0v) is 13.8. The lowest BCUT2D eigenvalue weighted by Gasteiger charge is -2.13. The van der Waals surface area contributed by atoms with Gasteiger partial charge in [0, 0.05) is 28.3 Å². The first-order valence-electron chi connectivity index (χ1n) is 7.76. The predicted molar refractivity (Wildman–Crippen MR) is 88.9 cm³/mol. The molecule has 1 heterocycles. The van der Waals surface area contributed by atoms with Gasteiger partial charge in [0.15, 0.2) is 0 Å². The molecular formula is C16H17N3O4S. The molecule has 0 radical (unpaired) electrons. The predicted octanol–water partition coefficient (Wildman–Crippen LogP) is 3.55. The van der Waals surface area contributed by atoms with Crippen LogP contribution in [0.1, 0.15) is 41.7 Å². The van der Waals surface area contributed by atoms with Crippen molar-refractivity contribution >= 4 is 23.4 Å². The Kier molecular flexibility index (Phi) is 5.14. The maximum atomic E-state index is 12.5. The van der Waals surface area contributed by atoms with Crippen molar-refractivity contribution in [3.63, 3.8) is 0 Å². The van der Waals surface area contributed by atoms with E-state index in [9.17, 15) is 14.9 Å². The second-order valence-electron chi connectivity index (χ2n) is 5.64. The lowest BCUT2D eigenvalue weighted by molar-refractivity contribution is -0.384. The van der Waals surface area contributed by atoms with E-state index in [0.717, 1.165) is 17.7 Å². The molecule has 1 aromatic carbocycles. The molecule has 0 saturated heterocycles. The molecule has 0 aliphatic heterocycles. The summed E-state index contributed by atoms with van der Waals surface area (Å²) in [5.74, 6) is -0.345.